The molecule has 0 aliphatic rings. The summed E-state index contributed by atoms with van der Waals surface area (Å²) in [5.41, 5.74) is 1.80. The Kier molecular flexibility index (Phi) is 9.47. The van der Waals surface area contributed by atoms with E-state index in [2.05, 4.69) is 36.4 Å². The molecule has 0 radical (unpaired) electrons. The molecule has 0 atom stereocenters. The van der Waals surface area contributed by atoms with Crippen LogP contribution in [0.25, 0.3) is 0 Å². The molecule has 0 saturated heterocycles. The van der Waals surface area contributed by atoms with E-state index in [-0.39, 0.29) is 37.1 Å². The van der Waals surface area contributed by atoms with Gasteiger partial charge in [0.1, 0.15) is 6.54 Å². The maximum Gasteiger partial charge on any atom is 0.240 e. The average Bonchev–Trinajstić information content (AvgIpc) is 3.23. The van der Waals surface area contributed by atoms with E-state index < -0.39 is 0 Å². The van der Waals surface area contributed by atoms with E-state index in [1.165, 1.54) is 16.2 Å². The van der Waals surface area contributed by atoms with Gasteiger partial charge in [-0.3, -0.25) is 14.4 Å². The second-order valence-electron chi connectivity index (χ2n) is 7.42. The van der Waals surface area contributed by atoms with E-state index >= 15 is 0 Å². The summed E-state index contributed by atoms with van der Waals surface area (Å²) in [7, 11) is 0. The summed E-state index contributed by atoms with van der Waals surface area (Å²) < 4.78 is 0. The van der Waals surface area contributed by atoms with E-state index in [1.807, 2.05) is 24.3 Å². The number of aromatic nitrogens is 1. The highest BCUT2D eigenvalue weighted by Crippen LogP contribution is 2.18. The fourth-order valence-electron chi connectivity index (χ4n) is 2.76. The molecule has 0 fully saturated rings. The Balaban J connectivity index is 2.00. The number of benzene rings is 1. The van der Waals surface area contributed by atoms with E-state index in [9.17, 15) is 14.4 Å². The van der Waals surface area contributed by atoms with E-state index in [0.29, 0.717) is 23.3 Å². The third-order valence-corrected chi connectivity index (χ3v) is 5.24. The molecule has 0 aliphatic carbocycles. The van der Waals surface area contributed by atoms with Gasteiger partial charge in [0.25, 0.3) is 0 Å². The van der Waals surface area contributed by atoms with Crippen LogP contribution in [0.1, 0.15) is 45.6 Å². The molecule has 0 spiro atoms. The molecule has 0 saturated carbocycles. The number of carbonyl (C=O) groups excluding carboxylic acids is 3. The lowest BCUT2D eigenvalue weighted by Gasteiger charge is -2.23. The van der Waals surface area contributed by atoms with Crippen LogP contribution in [0, 0.1) is 5.92 Å². The number of carbonyl (C=O) groups is 3. The molecule has 2 rings (SSSR count). The number of nitrogens with one attached hydrogen (secondary N) is 2. The van der Waals surface area contributed by atoms with Crippen LogP contribution in [0.2, 0.25) is 0 Å². The van der Waals surface area contributed by atoms with Crippen LogP contribution in [0.15, 0.2) is 35.8 Å². The molecule has 0 bridgehead atoms. The summed E-state index contributed by atoms with van der Waals surface area (Å²) >= 11 is 1.32. The highest BCUT2D eigenvalue weighted by atomic mass is 32.1. The highest BCUT2D eigenvalue weighted by Gasteiger charge is 2.20. The number of anilines is 2. The minimum atomic E-state index is -0.277. The maximum atomic E-state index is 12.9. The van der Waals surface area contributed by atoms with Crippen molar-refractivity contribution in [3.8, 4) is 0 Å². The van der Waals surface area contributed by atoms with Crippen molar-refractivity contribution in [1.82, 2.24) is 10.3 Å². The van der Waals surface area contributed by atoms with Crippen LogP contribution >= 0.6 is 11.3 Å². The van der Waals surface area contributed by atoms with Gasteiger partial charge < -0.3 is 15.5 Å². The largest absolute Gasteiger partial charge is 0.355 e. The van der Waals surface area contributed by atoms with E-state index in [1.54, 1.807) is 11.6 Å². The molecule has 162 valence electrons. The molecule has 0 aliphatic heterocycles. The van der Waals surface area contributed by atoms with Crippen molar-refractivity contribution in [2.45, 2.75) is 46.5 Å². The van der Waals surface area contributed by atoms with Gasteiger partial charge in [-0.1, -0.05) is 32.9 Å². The zero-order valence-electron chi connectivity index (χ0n) is 17.8. The van der Waals surface area contributed by atoms with Gasteiger partial charge in [0.15, 0.2) is 5.13 Å². The molecule has 2 aromatic rings. The summed E-state index contributed by atoms with van der Waals surface area (Å²) in [5, 5.41) is 7.80. The minimum Gasteiger partial charge on any atom is -0.355 e. The molecule has 8 heteroatoms. The number of hydrogen-bond donors (Lipinski definition) is 2. The highest BCUT2D eigenvalue weighted by molar-refractivity contribution is 7.13. The second-order valence-corrected chi connectivity index (χ2v) is 8.31. The summed E-state index contributed by atoms with van der Waals surface area (Å²) in [6, 6.07) is 7.57. The van der Waals surface area contributed by atoms with Gasteiger partial charge in [0, 0.05) is 36.7 Å². The molecule has 1 aromatic heterocycles. The van der Waals surface area contributed by atoms with Crippen molar-refractivity contribution in [1.29, 1.82) is 0 Å². The van der Waals surface area contributed by atoms with Crippen molar-refractivity contribution < 1.29 is 14.4 Å². The Bertz CT molecular complexity index is 819. The normalized spacial score (nSPS) is 10.7. The first-order valence-corrected chi connectivity index (χ1v) is 11.1. The SMILES string of the molecule is CCc1ccc(N(CC(=O)NCCC(C)C)C(=O)CCC(=O)Nc2nccs2)cc1. The Morgan fingerprint density at radius 3 is 2.43 bits per heavy atom. The summed E-state index contributed by atoms with van der Waals surface area (Å²) in [5.74, 6) is -0.273. The van der Waals surface area contributed by atoms with Gasteiger partial charge in [-0.15, -0.1) is 11.3 Å². The lowest BCUT2D eigenvalue weighted by Crippen LogP contribution is -2.41. The number of nitrogens with zero attached hydrogens (tertiary/aromatic N) is 2. The number of thiazole rings is 1. The van der Waals surface area contributed by atoms with Crippen LogP contribution in [-0.4, -0.2) is 35.8 Å². The predicted molar refractivity (Wildman–Crippen MR) is 121 cm³/mol. The third kappa shape index (κ3) is 7.94. The minimum absolute atomic E-state index is 0.00596. The number of rotatable bonds is 11. The zero-order valence-corrected chi connectivity index (χ0v) is 18.6. The van der Waals surface area contributed by atoms with Gasteiger partial charge in [0.05, 0.1) is 0 Å². The molecule has 3 amide bonds. The predicted octanol–water partition coefficient (Wildman–Crippen LogP) is 3.62. The number of amides is 3. The summed E-state index contributed by atoms with van der Waals surface area (Å²) in [6.45, 7) is 6.74. The van der Waals surface area contributed by atoms with Crippen molar-refractivity contribution in [3.63, 3.8) is 0 Å². The first-order valence-electron chi connectivity index (χ1n) is 10.2. The summed E-state index contributed by atoms with van der Waals surface area (Å²) in [4.78, 5) is 42.8. The van der Waals surface area contributed by atoms with Crippen LogP contribution in [0.5, 0.6) is 0 Å². The fourth-order valence-corrected chi connectivity index (χ4v) is 3.30. The number of hydrogen-bond acceptors (Lipinski definition) is 5. The standard InChI is InChI=1S/C22H30N4O3S/c1-4-17-5-7-18(8-6-17)26(15-20(28)23-12-11-16(2)3)21(29)10-9-19(27)25-22-24-13-14-30-22/h5-8,13-14,16H,4,9-12,15H2,1-3H3,(H,23,28)(H,24,25,27). The Labute approximate surface area is 181 Å². The average molecular weight is 431 g/mol. The molecule has 1 aromatic carbocycles. The smallest absolute Gasteiger partial charge is 0.240 e. The van der Waals surface area contributed by atoms with E-state index in [0.717, 1.165) is 18.4 Å². The summed E-state index contributed by atoms with van der Waals surface area (Å²) in [6.07, 6.45) is 3.40. The van der Waals surface area contributed by atoms with Gasteiger partial charge in [0.2, 0.25) is 17.7 Å². The monoisotopic (exact) mass is 430 g/mol. The molecular formula is C22H30N4O3S. The quantitative estimate of drug-likeness (QED) is 0.570. The first-order chi connectivity index (χ1) is 14.4. The van der Waals surface area contributed by atoms with Crippen LogP contribution in [0.4, 0.5) is 10.8 Å². The van der Waals surface area contributed by atoms with E-state index in [4.69, 9.17) is 0 Å². The van der Waals surface area contributed by atoms with Gasteiger partial charge in [-0.2, -0.15) is 0 Å². The zero-order chi connectivity index (χ0) is 21.9. The lowest BCUT2D eigenvalue weighted by molar-refractivity contribution is -0.125. The van der Waals surface area contributed by atoms with Crippen LogP contribution < -0.4 is 15.5 Å². The van der Waals surface area contributed by atoms with Gasteiger partial charge in [-0.05, 0) is 36.5 Å². The molecular weight excluding hydrogens is 400 g/mol. The molecule has 7 nitrogen and oxygen atoms in total. The Morgan fingerprint density at radius 1 is 1.10 bits per heavy atom. The Morgan fingerprint density at radius 2 is 1.83 bits per heavy atom. The first kappa shape index (κ1) is 23.5. The van der Waals surface area contributed by atoms with Crippen molar-refractivity contribution in [3.05, 3.63) is 41.4 Å². The topological polar surface area (TPSA) is 91.4 Å². The van der Waals surface area contributed by atoms with Crippen LogP contribution in [0.3, 0.4) is 0 Å². The Hall–Kier alpha value is -2.74. The van der Waals surface area contributed by atoms with Crippen molar-refractivity contribution in [2.24, 2.45) is 5.92 Å². The molecule has 30 heavy (non-hydrogen) atoms. The number of aryl methyl sites for hydroxylation is 1. The lowest BCUT2D eigenvalue weighted by atomic mass is 10.1. The molecule has 1 heterocycles. The third-order valence-electron chi connectivity index (χ3n) is 4.55. The maximum absolute atomic E-state index is 12.9. The van der Waals surface area contributed by atoms with Crippen LogP contribution in [-0.2, 0) is 20.8 Å². The van der Waals surface area contributed by atoms with Gasteiger partial charge in [-0.25, -0.2) is 4.98 Å². The molecule has 2 N–H and O–H groups in total. The fraction of sp³-hybridized carbons (Fsp3) is 0.455. The van der Waals surface area contributed by atoms with Crippen molar-refractivity contribution in [2.75, 3.05) is 23.3 Å². The van der Waals surface area contributed by atoms with Gasteiger partial charge >= 0.3 is 0 Å². The second kappa shape index (κ2) is 12.1. The molecule has 0 unspecified atom stereocenters. The van der Waals surface area contributed by atoms with Crippen molar-refractivity contribution >= 4 is 39.9 Å².